The molecule has 2 aromatic carbocycles. The van der Waals surface area contributed by atoms with Crippen molar-refractivity contribution in [2.45, 2.75) is 31.2 Å². The number of aromatic carboxylic acids is 1. The van der Waals surface area contributed by atoms with E-state index in [0.29, 0.717) is 39.3 Å². The Morgan fingerprint density at radius 1 is 1.04 bits per heavy atom. The molecular weight excluding hydrogens is 369 g/mol. The van der Waals surface area contributed by atoms with Crippen molar-refractivity contribution in [1.29, 1.82) is 0 Å². The molecule has 5 heteroatoms. The molecule has 2 aliphatic carbocycles. The Kier molecular flexibility index (Phi) is 3.74. The van der Waals surface area contributed by atoms with Crippen LogP contribution < -0.4 is 5.32 Å². The number of nitrogens with one attached hydrogen (secondary N) is 1. The number of hydrogen-bond acceptors (Lipinski definition) is 2. The summed E-state index contributed by atoms with van der Waals surface area (Å²) >= 11 is 12.8. The summed E-state index contributed by atoms with van der Waals surface area (Å²) in [5.41, 5.74) is 3.70. The van der Waals surface area contributed by atoms with E-state index in [-0.39, 0.29) is 6.04 Å². The molecule has 2 saturated carbocycles. The van der Waals surface area contributed by atoms with Crippen molar-refractivity contribution in [3.05, 3.63) is 63.1 Å². The van der Waals surface area contributed by atoms with Crippen molar-refractivity contribution < 1.29 is 9.90 Å². The maximum atomic E-state index is 11.2. The third-order valence-corrected chi connectivity index (χ3v) is 7.47. The van der Waals surface area contributed by atoms with Crippen LogP contribution in [-0.4, -0.2) is 11.1 Å². The van der Waals surface area contributed by atoms with E-state index in [1.54, 1.807) is 12.1 Å². The number of benzene rings is 2. The Morgan fingerprint density at radius 3 is 2.50 bits per heavy atom. The SMILES string of the molecule is O=C(O)c1ccc([C@@H]2Nc3c(ccc(Cl)c3Cl)[C@H]3[C@H]4CC[C@@H](C4)[C@@H]32)cc1. The minimum absolute atomic E-state index is 0.140. The Hall–Kier alpha value is -1.71. The highest BCUT2D eigenvalue weighted by Crippen LogP contribution is 2.64. The van der Waals surface area contributed by atoms with Crippen LogP contribution in [0.3, 0.4) is 0 Å². The van der Waals surface area contributed by atoms with Crippen LogP contribution in [0.5, 0.6) is 0 Å². The molecule has 3 nitrogen and oxygen atoms in total. The molecule has 2 bridgehead atoms. The van der Waals surface area contributed by atoms with Crippen LogP contribution in [-0.2, 0) is 0 Å². The summed E-state index contributed by atoms with van der Waals surface area (Å²) in [6, 6.07) is 11.4. The summed E-state index contributed by atoms with van der Waals surface area (Å²) in [5.74, 6) is 1.55. The molecule has 0 radical (unpaired) electrons. The van der Waals surface area contributed by atoms with Gasteiger partial charge in [0.15, 0.2) is 0 Å². The minimum atomic E-state index is -0.897. The third kappa shape index (κ3) is 2.30. The number of rotatable bonds is 2. The van der Waals surface area contributed by atoms with Crippen LogP contribution in [0.1, 0.15) is 52.7 Å². The van der Waals surface area contributed by atoms with Crippen LogP contribution >= 0.6 is 23.2 Å². The van der Waals surface area contributed by atoms with Crippen LogP contribution in [0, 0.1) is 17.8 Å². The fraction of sp³-hybridized carbons (Fsp3) is 0.381. The molecule has 2 fully saturated rings. The number of hydrogen-bond donors (Lipinski definition) is 2. The number of carboxylic acids is 1. The zero-order chi connectivity index (χ0) is 18.0. The topological polar surface area (TPSA) is 49.3 Å². The smallest absolute Gasteiger partial charge is 0.335 e. The summed E-state index contributed by atoms with van der Waals surface area (Å²) in [6.45, 7) is 0. The van der Waals surface area contributed by atoms with E-state index in [1.165, 1.54) is 24.8 Å². The van der Waals surface area contributed by atoms with Gasteiger partial charge in [-0.2, -0.15) is 0 Å². The lowest BCUT2D eigenvalue weighted by Gasteiger charge is -2.44. The normalized spacial score (nSPS) is 31.2. The molecule has 5 rings (SSSR count). The second-order valence-electron chi connectivity index (χ2n) is 7.81. The molecule has 5 atom stereocenters. The van der Waals surface area contributed by atoms with E-state index in [9.17, 15) is 9.90 Å². The molecule has 134 valence electrons. The first kappa shape index (κ1) is 16.5. The molecule has 2 aromatic rings. The summed E-state index contributed by atoms with van der Waals surface area (Å²) in [5, 5.41) is 14.0. The number of carbonyl (C=O) groups is 1. The van der Waals surface area contributed by atoms with Gasteiger partial charge in [-0.25, -0.2) is 4.79 Å². The molecule has 26 heavy (non-hydrogen) atoms. The Labute approximate surface area is 162 Å². The molecule has 1 aliphatic heterocycles. The van der Waals surface area contributed by atoms with Crippen molar-refractivity contribution in [1.82, 2.24) is 0 Å². The standard InChI is InChI=1S/C21H19Cl2NO2/c22-15-8-7-14-16-12-5-6-13(9-12)17(16)19(24-20(14)18(15)23)10-1-3-11(4-2-10)21(25)26/h1-4,7-8,12-13,16-17,19,24H,5-6,9H2,(H,25,26)/t12-,13-,16+,17-,19-/m0/s1. The molecule has 0 spiro atoms. The Balaban J connectivity index is 1.62. The highest BCUT2D eigenvalue weighted by atomic mass is 35.5. The fourth-order valence-corrected chi connectivity index (χ4v) is 6.04. The van der Waals surface area contributed by atoms with Crippen molar-refractivity contribution in [3.8, 4) is 0 Å². The zero-order valence-corrected chi connectivity index (χ0v) is 15.6. The predicted molar refractivity (Wildman–Crippen MR) is 103 cm³/mol. The lowest BCUT2D eigenvalue weighted by atomic mass is 9.68. The third-order valence-electron chi connectivity index (χ3n) is 6.67. The lowest BCUT2D eigenvalue weighted by molar-refractivity contribution is 0.0697. The summed E-state index contributed by atoms with van der Waals surface area (Å²) in [4.78, 5) is 11.2. The van der Waals surface area contributed by atoms with Gasteiger partial charge in [-0.1, -0.05) is 41.4 Å². The quantitative estimate of drug-likeness (QED) is 0.665. The average Bonchev–Trinajstić information content (AvgIpc) is 3.26. The summed E-state index contributed by atoms with van der Waals surface area (Å²) < 4.78 is 0. The second kappa shape index (κ2) is 5.90. The highest BCUT2D eigenvalue weighted by molar-refractivity contribution is 6.43. The molecule has 0 unspecified atom stereocenters. The predicted octanol–water partition coefficient (Wildman–Crippen LogP) is 5.99. The van der Waals surface area contributed by atoms with E-state index in [4.69, 9.17) is 23.2 Å². The van der Waals surface area contributed by atoms with Crippen molar-refractivity contribution in [2.75, 3.05) is 5.32 Å². The average molecular weight is 388 g/mol. The molecule has 0 saturated heterocycles. The van der Waals surface area contributed by atoms with E-state index in [1.807, 2.05) is 18.2 Å². The molecule has 0 amide bonds. The van der Waals surface area contributed by atoms with E-state index >= 15 is 0 Å². The van der Waals surface area contributed by atoms with E-state index in [0.717, 1.165) is 11.3 Å². The first-order valence-corrected chi connectivity index (χ1v) is 9.88. The first-order chi connectivity index (χ1) is 12.5. The maximum Gasteiger partial charge on any atom is 0.335 e. The van der Waals surface area contributed by atoms with Crippen molar-refractivity contribution in [2.24, 2.45) is 17.8 Å². The molecule has 1 heterocycles. The maximum absolute atomic E-state index is 11.2. The molecular formula is C21H19Cl2NO2. The van der Waals surface area contributed by atoms with Gasteiger partial charge in [0.05, 0.1) is 27.3 Å². The first-order valence-electron chi connectivity index (χ1n) is 9.12. The minimum Gasteiger partial charge on any atom is -0.478 e. The Bertz CT molecular complexity index is 896. The number of fused-ring (bicyclic) bond motifs is 7. The van der Waals surface area contributed by atoms with Crippen LogP contribution in [0.2, 0.25) is 10.0 Å². The van der Waals surface area contributed by atoms with Gasteiger partial charge in [0.2, 0.25) is 0 Å². The van der Waals surface area contributed by atoms with Crippen LogP contribution in [0.15, 0.2) is 36.4 Å². The number of halogens is 2. The van der Waals surface area contributed by atoms with E-state index in [2.05, 4.69) is 11.4 Å². The highest BCUT2D eigenvalue weighted by Gasteiger charge is 2.54. The van der Waals surface area contributed by atoms with Gasteiger partial charge in [-0.3, -0.25) is 0 Å². The van der Waals surface area contributed by atoms with Gasteiger partial charge >= 0.3 is 5.97 Å². The zero-order valence-electron chi connectivity index (χ0n) is 14.1. The fourth-order valence-electron chi connectivity index (χ4n) is 5.66. The largest absolute Gasteiger partial charge is 0.478 e. The number of carboxylic acid groups (broad SMARTS) is 1. The van der Waals surface area contributed by atoms with Gasteiger partial charge in [-0.05, 0) is 72.3 Å². The van der Waals surface area contributed by atoms with Gasteiger partial charge in [0.25, 0.3) is 0 Å². The molecule has 3 aliphatic rings. The van der Waals surface area contributed by atoms with Crippen LogP contribution in [0.4, 0.5) is 5.69 Å². The summed E-state index contributed by atoms with van der Waals surface area (Å²) in [7, 11) is 0. The molecule has 2 N–H and O–H groups in total. The monoisotopic (exact) mass is 387 g/mol. The van der Waals surface area contributed by atoms with Gasteiger partial charge < -0.3 is 10.4 Å². The number of anilines is 1. The molecule has 0 aromatic heterocycles. The van der Waals surface area contributed by atoms with Gasteiger partial charge in [0.1, 0.15) is 0 Å². The summed E-state index contributed by atoms with van der Waals surface area (Å²) in [6.07, 6.45) is 3.85. The lowest BCUT2D eigenvalue weighted by Crippen LogP contribution is -2.35. The van der Waals surface area contributed by atoms with Gasteiger partial charge in [0, 0.05) is 0 Å². The van der Waals surface area contributed by atoms with Crippen molar-refractivity contribution >= 4 is 34.9 Å². The Morgan fingerprint density at radius 2 is 1.77 bits per heavy atom. The van der Waals surface area contributed by atoms with E-state index < -0.39 is 5.97 Å². The van der Waals surface area contributed by atoms with Crippen molar-refractivity contribution in [3.63, 3.8) is 0 Å². The second-order valence-corrected chi connectivity index (χ2v) is 8.60. The van der Waals surface area contributed by atoms with Crippen LogP contribution in [0.25, 0.3) is 0 Å². The van der Waals surface area contributed by atoms with Gasteiger partial charge in [-0.15, -0.1) is 0 Å².